The number of ether oxygens (including phenoxy) is 1. The van der Waals surface area contributed by atoms with Gasteiger partial charge in [-0.15, -0.1) is 10.2 Å². The molecule has 0 aliphatic rings. The SMILES string of the molecule is Cc1cccc(OCc2nnc(SCC(=O)N(CCC#N)c3ccccc3)o2)c1. The first kappa shape index (κ1) is 20.4. The molecule has 3 rings (SSSR count). The quantitative estimate of drug-likeness (QED) is 0.494. The zero-order valence-corrected chi connectivity index (χ0v) is 16.8. The van der Waals surface area contributed by atoms with Gasteiger partial charge in [-0.3, -0.25) is 4.79 Å². The molecule has 29 heavy (non-hydrogen) atoms. The number of aryl methyl sites for hydroxylation is 1. The van der Waals surface area contributed by atoms with Crippen LogP contribution in [0.3, 0.4) is 0 Å². The number of nitriles is 1. The van der Waals surface area contributed by atoms with Crippen LogP contribution in [-0.2, 0) is 11.4 Å². The summed E-state index contributed by atoms with van der Waals surface area (Å²) >= 11 is 1.16. The minimum absolute atomic E-state index is 0.126. The normalized spacial score (nSPS) is 10.3. The number of para-hydroxylation sites is 1. The first-order valence-electron chi connectivity index (χ1n) is 9.02. The molecule has 0 saturated carbocycles. The fourth-order valence-electron chi connectivity index (χ4n) is 2.57. The van der Waals surface area contributed by atoms with Crippen molar-refractivity contribution in [1.29, 1.82) is 5.26 Å². The Hall–Kier alpha value is -3.31. The molecule has 1 heterocycles. The molecule has 1 amide bonds. The number of hydrogen-bond acceptors (Lipinski definition) is 7. The topological polar surface area (TPSA) is 92.3 Å². The van der Waals surface area contributed by atoms with E-state index in [0.717, 1.165) is 28.8 Å². The van der Waals surface area contributed by atoms with Gasteiger partial charge in [0.05, 0.1) is 18.2 Å². The fraction of sp³-hybridized carbons (Fsp3) is 0.238. The van der Waals surface area contributed by atoms with Gasteiger partial charge in [-0.05, 0) is 36.8 Å². The van der Waals surface area contributed by atoms with E-state index in [1.165, 1.54) is 0 Å². The molecule has 0 spiro atoms. The first-order valence-corrected chi connectivity index (χ1v) is 10.0. The second-order valence-electron chi connectivity index (χ2n) is 6.14. The van der Waals surface area contributed by atoms with Gasteiger partial charge in [0.15, 0.2) is 6.61 Å². The van der Waals surface area contributed by atoms with Crippen molar-refractivity contribution in [1.82, 2.24) is 10.2 Å². The van der Waals surface area contributed by atoms with Crippen molar-refractivity contribution in [3.63, 3.8) is 0 Å². The summed E-state index contributed by atoms with van der Waals surface area (Å²) in [5.74, 6) is 1.06. The lowest BCUT2D eigenvalue weighted by atomic mass is 10.2. The molecular formula is C21H20N4O3S. The van der Waals surface area contributed by atoms with Gasteiger partial charge in [0.2, 0.25) is 5.91 Å². The van der Waals surface area contributed by atoms with Crippen LogP contribution in [0.15, 0.2) is 64.2 Å². The van der Waals surface area contributed by atoms with Crippen molar-refractivity contribution < 1.29 is 13.9 Å². The van der Waals surface area contributed by atoms with Crippen molar-refractivity contribution in [2.75, 3.05) is 17.2 Å². The zero-order chi connectivity index (χ0) is 20.5. The third kappa shape index (κ3) is 6.09. The Bertz CT molecular complexity index is 985. The predicted molar refractivity (Wildman–Crippen MR) is 110 cm³/mol. The molecule has 8 heteroatoms. The fourth-order valence-corrected chi connectivity index (χ4v) is 3.23. The van der Waals surface area contributed by atoms with Crippen LogP contribution in [0.2, 0.25) is 0 Å². The third-order valence-electron chi connectivity index (χ3n) is 3.94. The molecular weight excluding hydrogens is 388 g/mol. The number of thioether (sulfide) groups is 1. The van der Waals surface area contributed by atoms with Crippen molar-refractivity contribution in [2.45, 2.75) is 25.2 Å². The second kappa shape index (κ2) is 10.3. The Morgan fingerprint density at radius 2 is 2.03 bits per heavy atom. The monoisotopic (exact) mass is 408 g/mol. The van der Waals surface area contributed by atoms with Crippen molar-refractivity contribution in [3.8, 4) is 11.8 Å². The van der Waals surface area contributed by atoms with Crippen LogP contribution in [-0.4, -0.2) is 28.4 Å². The van der Waals surface area contributed by atoms with Gasteiger partial charge in [-0.25, -0.2) is 0 Å². The Kier molecular flexibility index (Phi) is 7.25. The van der Waals surface area contributed by atoms with Gasteiger partial charge < -0.3 is 14.1 Å². The van der Waals surface area contributed by atoms with Gasteiger partial charge in [-0.1, -0.05) is 42.1 Å². The highest BCUT2D eigenvalue weighted by atomic mass is 32.2. The van der Waals surface area contributed by atoms with Gasteiger partial charge in [0, 0.05) is 12.2 Å². The molecule has 1 aromatic heterocycles. The molecule has 0 fully saturated rings. The summed E-state index contributed by atoms with van der Waals surface area (Å²) in [6.07, 6.45) is 0.256. The lowest BCUT2D eigenvalue weighted by molar-refractivity contribution is -0.116. The summed E-state index contributed by atoms with van der Waals surface area (Å²) in [6, 6.07) is 19.0. The summed E-state index contributed by atoms with van der Waals surface area (Å²) in [6.45, 7) is 2.48. The maximum absolute atomic E-state index is 12.7. The van der Waals surface area contributed by atoms with Crippen LogP contribution in [0.5, 0.6) is 5.75 Å². The van der Waals surface area contributed by atoms with E-state index in [1.54, 1.807) is 4.90 Å². The summed E-state index contributed by atoms with van der Waals surface area (Å²) in [4.78, 5) is 14.2. The molecule has 0 unspecified atom stereocenters. The second-order valence-corrected chi connectivity index (χ2v) is 7.07. The smallest absolute Gasteiger partial charge is 0.277 e. The highest BCUT2D eigenvalue weighted by Gasteiger charge is 2.17. The zero-order valence-electron chi connectivity index (χ0n) is 15.9. The standard InChI is InChI=1S/C21H20N4O3S/c1-16-7-5-10-18(13-16)27-14-19-23-24-21(28-19)29-15-20(26)25(12-6-11-22)17-8-3-2-4-9-17/h2-5,7-10,13H,6,12,14-15H2,1H3. The maximum Gasteiger partial charge on any atom is 0.277 e. The predicted octanol–water partition coefficient (Wildman–Crippen LogP) is 4.00. The number of aromatic nitrogens is 2. The minimum Gasteiger partial charge on any atom is -0.484 e. The van der Waals surface area contributed by atoms with Crippen LogP contribution in [0.1, 0.15) is 17.9 Å². The molecule has 0 N–H and O–H groups in total. The Morgan fingerprint density at radius 3 is 2.79 bits per heavy atom. The average molecular weight is 408 g/mol. The number of nitrogens with zero attached hydrogens (tertiary/aromatic N) is 4. The van der Waals surface area contributed by atoms with E-state index in [0.29, 0.717) is 17.7 Å². The number of anilines is 1. The molecule has 0 aliphatic carbocycles. The molecule has 148 valence electrons. The Morgan fingerprint density at radius 1 is 1.21 bits per heavy atom. The molecule has 0 aliphatic heterocycles. The lowest BCUT2D eigenvalue weighted by Gasteiger charge is -2.21. The molecule has 0 saturated heterocycles. The number of amides is 1. The van der Waals surface area contributed by atoms with Crippen LogP contribution < -0.4 is 9.64 Å². The first-order chi connectivity index (χ1) is 14.2. The largest absolute Gasteiger partial charge is 0.484 e. The summed E-state index contributed by atoms with van der Waals surface area (Å²) in [5, 5.41) is 17.1. The van der Waals surface area contributed by atoms with E-state index >= 15 is 0 Å². The van der Waals surface area contributed by atoms with Crippen molar-refractivity contribution >= 4 is 23.4 Å². The number of carbonyl (C=O) groups is 1. The van der Waals surface area contributed by atoms with Crippen molar-refractivity contribution in [3.05, 3.63) is 66.1 Å². The van der Waals surface area contributed by atoms with E-state index in [1.807, 2.05) is 61.5 Å². The number of carbonyl (C=O) groups excluding carboxylic acids is 1. The highest BCUT2D eigenvalue weighted by Crippen LogP contribution is 2.21. The molecule has 7 nitrogen and oxygen atoms in total. The van der Waals surface area contributed by atoms with Gasteiger partial charge in [-0.2, -0.15) is 5.26 Å². The van der Waals surface area contributed by atoms with Gasteiger partial charge >= 0.3 is 0 Å². The van der Waals surface area contributed by atoms with Crippen LogP contribution >= 0.6 is 11.8 Å². The number of benzene rings is 2. The molecule has 0 bridgehead atoms. The Balaban J connectivity index is 1.55. The number of rotatable bonds is 9. The maximum atomic E-state index is 12.7. The van der Waals surface area contributed by atoms with E-state index < -0.39 is 0 Å². The molecule has 2 aromatic carbocycles. The summed E-state index contributed by atoms with van der Waals surface area (Å²) in [5.41, 5.74) is 1.85. The third-order valence-corrected chi connectivity index (χ3v) is 4.74. The van der Waals surface area contributed by atoms with Crippen molar-refractivity contribution in [2.24, 2.45) is 0 Å². The van der Waals surface area contributed by atoms with Gasteiger partial charge in [0.1, 0.15) is 5.75 Å². The van der Waals surface area contributed by atoms with E-state index in [-0.39, 0.29) is 24.7 Å². The minimum atomic E-state index is -0.132. The molecule has 0 atom stereocenters. The molecule has 0 radical (unpaired) electrons. The molecule has 3 aromatic rings. The van der Waals surface area contributed by atoms with Crippen LogP contribution in [0, 0.1) is 18.3 Å². The number of hydrogen-bond donors (Lipinski definition) is 0. The highest BCUT2D eigenvalue weighted by molar-refractivity contribution is 7.99. The van der Waals surface area contributed by atoms with E-state index in [2.05, 4.69) is 16.3 Å². The summed E-state index contributed by atoms with van der Waals surface area (Å²) < 4.78 is 11.2. The van der Waals surface area contributed by atoms with Gasteiger partial charge in [0.25, 0.3) is 11.1 Å². The van der Waals surface area contributed by atoms with E-state index in [9.17, 15) is 4.79 Å². The Labute approximate surface area is 173 Å². The lowest BCUT2D eigenvalue weighted by Crippen LogP contribution is -2.33. The van der Waals surface area contributed by atoms with E-state index in [4.69, 9.17) is 14.4 Å². The summed E-state index contributed by atoms with van der Waals surface area (Å²) in [7, 11) is 0. The van der Waals surface area contributed by atoms with Crippen LogP contribution in [0.25, 0.3) is 0 Å². The average Bonchev–Trinajstić information content (AvgIpc) is 3.20. The van der Waals surface area contributed by atoms with Crippen LogP contribution in [0.4, 0.5) is 5.69 Å².